The fourth-order valence-corrected chi connectivity index (χ4v) is 1.81. The van der Waals surface area contributed by atoms with Crippen LogP contribution in [0, 0.1) is 6.92 Å². The van der Waals surface area contributed by atoms with Gasteiger partial charge in [0.05, 0.1) is 18.2 Å². The van der Waals surface area contributed by atoms with Gasteiger partial charge in [0.25, 0.3) is 0 Å². The van der Waals surface area contributed by atoms with Crippen LogP contribution in [0.1, 0.15) is 28.8 Å². The van der Waals surface area contributed by atoms with Gasteiger partial charge in [-0.1, -0.05) is 0 Å². The van der Waals surface area contributed by atoms with Gasteiger partial charge in [0.2, 0.25) is 0 Å². The van der Waals surface area contributed by atoms with E-state index < -0.39 is 0 Å². The Balaban J connectivity index is 2.20. The minimum absolute atomic E-state index is 0.0662. The first kappa shape index (κ1) is 11.6. The van der Waals surface area contributed by atoms with Crippen molar-refractivity contribution < 1.29 is 4.79 Å². The van der Waals surface area contributed by atoms with E-state index in [4.69, 9.17) is 0 Å². The normalized spacial score (nSPS) is 10.8. The van der Waals surface area contributed by atoms with Crippen LogP contribution < -0.4 is 0 Å². The van der Waals surface area contributed by atoms with E-state index in [0.29, 0.717) is 12.0 Å². The summed E-state index contributed by atoms with van der Waals surface area (Å²) >= 11 is 0. The summed E-state index contributed by atoms with van der Waals surface area (Å²) in [6, 6.07) is 0. The third-order valence-electron chi connectivity index (χ3n) is 3.00. The number of imidazole rings is 1. The highest BCUT2D eigenvalue weighted by molar-refractivity contribution is 5.97. The third-order valence-corrected chi connectivity index (χ3v) is 3.00. The highest BCUT2D eigenvalue weighted by atomic mass is 16.1. The largest absolute Gasteiger partial charge is 0.335 e. The molecule has 5 heteroatoms. The molecular formula is C12H16N4O. The molecule has 0 fully saturated rings. The second-order valence-corrected chi connectivity index (χ2v) is 4.00. The number of Topliss-reactive ketones (excluding diaryl/α,β-unsaturated/α-hetero) is 1. The number of carbonyl (C=O) groups is 1. The topological polar surface area (TPSA) is 52.7 Å². The van der Waals surface area contributed by atoms with Gasteiger partial charge in [-0.05, 0) is 13.8 Å². The first-order chi connectivity index (χ1) is 8.13. The van der Waals surface area contributed by atoms with Crippen molar-refractivity contribution in [1.29, 1.82) is 0 Å². The molecule has 0 atom stereocenters. The maximum Gasteiger partial charge on any atom is 0.173 e. The average Bonchev–Trinajstić information content (AvgIpc) is 2.87. The van der Waals surface area contributed by atoms with Crippen LogP contribution in [0.25, 0.3) is 0 Å². The number of ketones is 1. The SMILES string of the molecule is CCn1ccnc1CC(=O)c1cnn(C)c1C. The Hall–Kier alpha value is -1.91. The van der Waals surface area contributed by atoms with Gasteiger partial charge in [0, 0.05) is 31.7 Å². The van der Waals surface area contributed by atoms with Crippen LogP contribution in [0.15, 0.2) is 18.6 Å². The predicted molar refractivity (Wildman–Crippen MR) is 63.9 cm³/mol. The number of aryl methyl sites for hydroxylation is 2. The lowest BCUT2D eigenvalue weighted by atomic mass is 10.1. The van der Waals surface area contributed by atoms with E-state index in [1.807, 2.05) is 31.7 Å². The molecule has 2 aromatic heterocycles. The third kappa shape index (κ3) is 2.13. The highest BCUT2D eigenvalue weighted by Gasteiger charge is 2.15. The van der Waals surface area contributed by atoms with E-state index in [-0.39, 0.29) is 5.78 Å². The molecule has 2 heterocycles. The Morgan fingerprint density at radius 2 is 2.24 bits per heavy atom. The second-order valence-electron chi connectivity index (χ2n) is 4.00. The monoisotopic (exact) mass is 232 g/mol. The number of nitrogens with zero attached hydrogens (tertiary/aromatic N) is 4. The van der Waals surface area contributed by atoms with E-state index in [0.717, 1.165) is 18.1 Å². The van der Waals surface area contributed by atoms with E-state index in [9.17, 15) is 4.79 Å². The van der Waals surface area contributed by atoms with Gasteiger partial charge in [-0.15, -0.1) is 0 Å². The number of hydrogen-bond donors (Lipinski definition) is 0. The molecule has 0 amide bonds. The van der Waals surface area contributed by atoms with Crippen molar-refractivity contribution in [2.75, 3.05) is 0 Å². The Bertz CT molecular complexity index is 538. The Morgan fingerprint density at radius 3 is 2.82 bits per heavy atom. The molecule has 90 valence electrons. The number of hydrogen-bond acceptors (Lipinski definition) is 3. The maximum absolute atomic E-state index is 12.1. The van der Waals surface area contributed by atoms with Crippen molar-refractivity contribution in [2.24, 2.45) is 7.05 Å². The molecule has 17 heavy (non-hydrogen) atoms. The van der Waals surface area contributed by atoms with E-state index >= 15 is 0 Å². The molecule has 2 rings (SSSR count). The molecule has 0 aliphatic rings. The summed E-state index contributed by atoms with van der Waals surface area (Å²) in [5, 5.41) is 4.08. The molecule has 0 saturated heterocycles. The smallest absolute Gasteiger partial charge is 0.173 e. The Morgan fingerprint density at radius 1 is 1.47 bits per heavy atom. The molecule has 0 aliphatic carbocycles. The summed E-state index contributed by atoms with van der Waals surface area (Å²) in [7, 11) is 1.83. The lowest BCUT2D eigenvalue weighted by molar-refractivity contribution is 0.0989. The van der Waals surface area contributed by atoms with Crippen molar-refractivity contribution in [3.05, 3.63) is 35.7 Å². The predicted octanol–water partition coefficient (Wildman–Crippen LogP) is 1.37. The van der Waals surface area contributed by atoms with E-state index in [1.54, 1.807) is 17.1 Å². The Labute approximate surface area is 100 Å². The fourth-order valence-electron chi connectivity index (χ4n) is 1.81. The highest BCUT2D eigenvalue weighted by Crippen LogP contribution is 2.10. The lowest BCUT2D eigenvalue weighted by Gasteiger charge is -2.03. The molecular weight excluding hydrogens is 216 g/mol. The van der Waals surface area contributed by atoms with Gasteiger partial charge in [0.15, 0.2) is 5.78 Å². The fraction of sp³-hybridized carbons (Fsp3) is 0.417. The van der Waals surface area contributed by atoms with Crippen LogP contribution in [-0.4, -0.2) is 25.1 Å². The number of aromatic nitrogens is 4. The molecule has 0 N–H and O–H groups in total. The molecule has 2 aromatic rings. The van der Waals surface area contributed by atoms with Gasteiger partial charge in [-0.25, -0.2) is 4.98 Å². The minimum Gasteiger partial charge on any atom is -0.335 e. The molecule has 5 nitrogen and oxygen atoms in total. The molecule has 0 unspecified atom stereocenters. The van der Waals surface area contributed by atoms with E-state index in [1.165, 1.54) is 0 Å². The molecule has 0 spiro atoms. The number of carbonyl (C=O) groups excluding carboxylic acids is 1. The molecule has 0 radical (unpaired) electrons. The minimum atomic E-state index is 0.0662. The van der Waals surface area contributed by atoms with Crippen LogP contribution in [0.5, 0.6) is 0 Å². The van der Waals surface area contributed by atoms with Gasteiger partial charge >= 0.3 is 0 Å². The van der Waals surface area contributed by atoms with Crippen LogP contribution >= 0.6 is 0 Å². The summed E-state index contributed by atoms with van der Waals surface area (Å²) in [4.78, 5) is 16.3. The standard InChI is InChI=1S/C12H16N4O/c1-4-16-6-5-13-12(16)7-11(17)10-8-14-15(3)9(10)2/h5-6,8H,4,7H2,1-3H3. The van der Waals surface area contributed by atoms with Gasteiger partial charge in [-0.2, -0.15) is 5.10 Å². The first-order valence-electron chi connectivity index (χ1n) is 5.65. The molecule has 0 saturated carbocycles. The number of rotatable bonds is 4. The van der Waals surface area contributed by atoms with Crippen LogP contribution in [0.4, 0.5) is 0 Å². The van der Waals surface area contributed by atoms with Crippen molar-refractivity contribution in [1.82, 2.24) is 19.3 Å². The summed E-state index contributed by atoms with van der Waals surface area (Å²) < 4.78 is 3.68. The van der Waals surface area contributed by atoms with Gasteiger partial charge in [0.1, 0.15) is 5.82 Å². The molecule has 0 aliphatic heterocycles. The van der Waals surface area contributed by atoms with Crippen LogP contribution in [-0.2, 0) is 20.0 Å². The Kier molecular flexibility index (Phi) is 3.08. The maximum atomic E-state index is 12.1. The van der Waals surface area contributed by atoms with Gasteiger partial charge in [-0.3, -0.25) is 9.48 Å². The van der Waals surface area contributed by atoms with Crippen molar-refractivity contribution in [3.8, 4) is 0 Å². The summed E-state index contributed by atoms with van der Waals surface area (Å²) in [6.45, 7) is 4.76. The zero-order valence-electron chi connectivity index (χ0n) is 10.3. The average molecular weight is 232 g/mol. The van der Waals surface area contributed by atoms with Crippen LogP contribution in [0.3, 0.4) is 0 Å². The quantitative estimate of drug-likeness (QED) is 0.748. The van der Waals surface area contributed by atoms with Crippen molar-refractivity contribution in [2.45, 2.75) is 26.8 Å². The van der Waals surface area contributed by atoms with Crippen LogP contribution in [0.2, 0.25) is 0 Å². The van der Waals surface area contributed by atoms with Crippen molar-refractivity contribution in [3.63, 3.8) is 0 Å². The lowest BCUT2D eigenvalue weighted by Crippen LogP contribution is -2.10. The summed E-state index contributed by atoms with van der Waals surface area (Å²) in [5.41, 5.74) is 1.57. The zero-order valence-corrected chi connectivity index (χ0v) is 10.3. The van der Waals surface area contributed by atoms with E-state index in [2.05, 4.69) is 10.1 Å². The zero-order chi connectivity index (χ0) is 12.4. The first-order valence-corrected chi connectivity index (χ1v) is 5.65. The van der Waals surface area contributed by atoms with Crippen molar-refractivity contribution >= 4 is 5.78 Å². The van der Waals surface area contributed by atoms with Gasteiger partial charge < -0.3 is 4.57 Å². The summed E-state index contributed by atoms with van der Waals surface area (Å²) in [6.07, 6.45) is 5.56. The summed E-state index contributed by atoms with van der Waals surface area (Å²) in [5.74, 6) is 0.872. The second kappa shape index (κ2) is 4.53. The molecule has 0 bridgehead atoms. The molecule has 0 aromatic carbocycles.